The summed E-state index contributed by atoms with van der Waals surface area (Å²) >= 11 is 0. The predicted octanol–water partition coefficient (Wildman–Crippen LogP) is 1.00. The van der Waals surface area contributed by atoms with Gasteiger partial charge in [-0.1, -0.05) is 6.07 Å². The van der Waals surface area contributed by atoms with E-state index in [1.165, 1.54) is 0 Å². The Morgan fingerprint density at radius 3 is 2.95 bits per heavy atom. The topological polar surface area (TPSA) is 68.8 Å². The molecule has 2 atom stereocenters. The van der Waals surface area contributed by atoms with Gasteiger partial charge in [0.1, 0.15) is 6.10 Å². The second kappa shape index (κ2) is 6.98. The lowest BCUT2D eigenvalue weighted by Gasteiger charge is -2.24. The van der Waals surface area contributed by atoms with Crippen molar-refractivity contribution in [1.82, 2.24) is 10.6 Å². The summed E-state index contributed by atoms with van der Waals surface area (Å²) in [5.41, 5.74) is 0.978. The number of fused-ring (bicyclic) bond motifs is 1. The molecule has 116 valence electrons. The lowest BCUT2D eigenvalue weighted by molar-refractivity contribution is -0.134. The summed E-state index contributed by atoms with van der Waals surface area (Å²) in [4.78, 5) is 12.1. The lowest BCUT2D eigenvalue weighted by Crippen LogP contribution is -2.48. The highest BCUT2D eigenvalue weighted by Gasteiger charge is 2.24. The molecule has 1 saturated heterocycles. The monoisotopic (exact) mass is 314 g/mol. The maximum Gasteiger partial charge on any atom is 0.250 e. The van der Waals surface area contributed by atoms with Gasteiger partial charge in [0.05, 0.1) is 12.6 Å². The van der Waals surface area contributed by atoms with Crippen molar-refractivity contribution in [3.05, 3.63) is 23.8 Å². The fraction of sp³-hybridized carbons (Fsp3) is 0.500. The van der Waals surface area contributed by atoms with E-state index in [0.717, 1.165) is 23.6 Å². The van der Waals surface area contributed by atoms with Gasteiger partial charge in [0.15, 0.2) is 11.5 Å². The molecular weight excluding hydrogens is 296 g/mol. The number of benzene rings is 1. The quantitative estimate of drug-likeness (QED) is 0.871. The van der Waals surface area contributed by atoms with E-state index < -0.39 is 6.10 Å². The number of rotatable bonds is 3. The first-order valence-electron chi connectivity index (χ1n) is 6.76. The van der Waals surface area contributed by atoms with Crippen LogP contribution < -0.4 is 20.1 Å². The van der Waals surface area contributed by atoms with Gasteiger partial charge in [-0.15, -0.1) is 12.4 Å². The van der Waals surface area contributed by atoms with Crippen LogP contribution >= 0.6 is 12.4 Å². The molecular formula is C14H19ClN2O4. The molecule has 0 aliphatic carbocycles. The van der Waals surface area contributed by atoms with Crippen LogP contribution in [0.3, 0.4) is 0 Å². The molecule has 3 rings (SSSR count). The van der Waals surface area contributed by atoms with E-state index in [-0.39, 0.29) is 31.1 Å². The van der Waals surface area contributed by atoms with Gasteiger partial charge in [-0.05, 0) is 24.6 Å². The Balaban J connectivity index is 0.00000161. The Labute approximate surface area is 129 Å². The van der Waals surface area contributed by atoms with Crippen molar-refractivity contribution < 1.29 is 19.0 Å². The van der Waals surface area contributed by atoms with Crippen molar-refractivity contribution in [2.24, 2.45) is 0 Å². The van der Waals surface area contributed by atoms with Crippen LogP contribution in [0.15, 0.2) is 18.2 Å². The number of morpholine rings is 1. The molecule has 1 aromatic rings. The van der Waals surface area contributed by atoms with Gasteiger partial charge in [0.25, 0.3) is 5.91 Å². The normalized spacial score (nSPS) is 21.3. The largest absolute Gasteiger partial charge is 0.454 e. The van der Waals surface area contributed by atoms with Crippen LogP contribution in [0.1, 0.15) is 18.5 Å². The average molecular weight is 315 g/mol. The zero-order chi connectivity index (χ0) is 13.9. The fourth-order valence-corrected chi connectivity index (χ4v) is 2.31. The number of carbonyl (C=O) groups excluding carboxylic acids is 1. The van der Waals surface area contributed by atoms with E-state index >= 15 is 0 Å². The lowest BCUT2D eigenvalue weighted by atomic mass is 10.1. The number of hydrogen-bond donors (Lipinski definition) is 2. The molecule has 2 aliphatic heterocycles. The van der Waals surface area contributed by atoms with Gasteiger partial charge in [-0.2, -0.15) is 0 Å². The highest BCUT2D eigenvalue weighted by Crippen LogP contribution is 2.34. The number of nitrogens with one attached hydrogen (secondary N) is 2. The third-order valence-corrected chi connectivity index (χ3v) is 3.48. The Hall–Kier alpha value is -1.50. The van der Waals surface area contributed by atoms with E-state index in [0.29, 0.717) is 13.2 Å². The van der Waals surface area contributed by atoms with Crippen LogP contribution in [0.2, 0.25) is 0 Å². The summed E-state index contributed by atoms with van der Waals surface area (Å²) in [5, 5.41) is 6.10. The van der Waals surface area contributed by atoms with Gasteiger partial charge < -0.3 is 24.8 Å². The van der Waals surface area contributed by atoms with Crippen LogP contribution in [0, 0.1) is 0 Å². The van der Waals surface area contributed by atoms with Crippen molar-refractivity contribution in [3.63, 3.8) is 0 Å². The predicted molar refractivity (Wildman–Crippen MR) is 79.0 cm³/mol. The molecule has 0 saturated carbocycles. The zero-order valence-electron chi connectivity index (χ0n) is 11.8. The average Bonchev–Trinajstić information content (AvgIpc) is 2.95. The Kier molecular flexibility index (Phi) is 5.27. The van der Waals surface area contributed by atoms with Gasteiger partial charge >= 0.3 is 0 Å². The molecule has 1 fully saturated rings. The van der Waals surface area contributed by atoms with Crippen LogP contribution in [-0.4, -0.2) is 38.5 Å². The Morgan fingerprint density at radius 1 is 1.38 bits per heavy atom. The number of hydrogen-bond acceptors (Lipinski definition) is 5. The van der Waals surface area contributed by atoms with Crippen molar-refractivity contribution in [3.8, 4) is 11.5 Å². The van der Waals surface area contributed by atoms with Crippen molar-refractivity contribution >= 4 is 18.3 Å². The second-order valence-electron chi connectivity index (χ2n) is 4.91. The number of halogens is 1. The fourth-order valence-electron chi connectivity index (χ4n) is 2.31. The summed E-state index contributed by atoms with van der Waals surface area (Å²) in [7, 11) is 0. The van der Waals surface area contributed by atoms with E-state index in [1.807, 2.05) is 25.1 Å². The Morgan fingerprint density at radius 2 is 2.19 bits per heavy atom. The smallest absolute Gasteiger partial charge is 0.250 e. The van der Waals surface area contributed by atoms with Crippen molar-refractivity contribution in [2.75, 3.05) is 26.5 Å². The SMILES string of the molecule is CC(NC(=O)C1CNCCO1)c1ccc2c(c1)OCO2.Cl. The molecule has 1 aromatic carbocycles. The van der Waals surface area contributed by atoms with E-state index in [1.54, 1.807) is 0 Å². The highest BCUT2D eigenvalue weighted by molar-refractivity contribution is 5.85. The Bertz CT molecular complexity index is 506. The minimum Gasteiger partial charge on any atom is -0.454 e. The molecule has 2 unspecified atom stereocenters. The third-order valence-electron chi connectivity index (χ3n) is 3.48. The van der Waals surface area contributed by atoms with E-state index in [4.69, 9.17) is 14.2 Å². The van der Waals surface area contributed by atoms with Gasteiger partial charge in [0.2, 0.25) is 6.79 Å². The number of amides is 1. The molecule has 0 aromatic heterocycles. The maximum absolute atomic E-state index is 12.1. The maximum atomic E-state index is 12.1. The summed E-state index contributed by atoms with van der Waals surface area (Å²) in [6.07, 6.45) is -0.416. The molecule has 2 aliphatic rings. The molecule has 7 heteroatoms. The van der Waals surface area contributed by atoms with Gasteiger partial charge in [-0.25, -0.2) is 0 Å². The summed E-state index contributed by atoms with van der Waals surface area (Å²) in [6.45, 7) is 4.10. The van der Waals surface area contributed by atoms with Gasteiger partial charge in [0, 0.05) is 13.1 Å². The minimum atomic E-state index is -0.416. The first-order chi connectivity index (χ1) is 9.74. The summed E-state index contributed by atoms with van der Waals surface area (Å²) < 4.78 is 16.0. The molecule has 2 heterocycles. The highest BCUT2D eigenvalue weighted by atomic mass is 35.5. The second-order valence-corrected chi connectivity index (χ2v) is 4.91. The summed E-state index contributed by atoms with van der Waals surface area (Å²) in [6, 6.07) is 5.58. The van der Waals surface area contributed by atoms with E-state index in [9.17, 15) is 4.79 Å². The standard InChI is InChI=1S/C14H18N2O4.ClH/c1-9(16-14(17)13-7-15-4-5-18-13)10-2-3-11-12(6-10)20-8-19-11;/h2-3,6,9,13,15H,4-5,7-8H2,1H3,(H,16,17);1H. The molecule has 0 radical (unpaired) electrons. The zero-order valence-corrected chi connectivity index (χ0v) is 12.6. The minimum absolute atomic E-state index is 0. The van der Waals surface area contributed by atoms with Crippen LogP contribution in [-0.2, 0) is 9.53 Å². The van der Waals surface area contributed by atoms with Crippen LogP contribution in [0.25, 0.3) is 0 Å². The molecule has 2 N–H and O–H groups in total. The molecule has 1 amide bonds. The summed E-state index contributed by atoms with van der Waals surface area (Å²) in [5.74, 6) is 1.37. The molecule has 0 bridgehead atoms. The number of carbonyl (C=O) groups is 1. The molecule has 6 nitrogen and oxygen atoms in total. The molecule has 0 spiro atoms. The van der Waals surface area contributed by atoms with Crippen LogP contribution in [0.5, 0.6) is 11.5 Å². The van der Waals surface area contributed by atoms with Crippen LogP contribution in [0.4, 0.5) is 0 Å². The first-order valence-corrected chi connectivity index (χ1v) is 6.76. The third kappa shape index (κ3) is 3.58. The van der Waals surface area contributed by atoms with Gasteiger partial charge in [-0.3, -0.25) is 4.79 Å². The first kappa shape index (κ1) is 15.9. The van der Waals surface area contributed by atoms with E-state index in [2.05, 4.69) is 10.6 Å². The number of ether oxygens (including phenoxy) is 3. The van der Waals surface area contributed by atoms with Crippen molar-refractivity contribution in [2.45, 2.75) is 19.1 Å². The van der Waals surface area contributed by atoms with Crippen molar-refractivity contribution in [1.29, 1.82) is 0 Å². The molecule has 21 heavy (non-hydrogen) atoms.